The van der Waals surface area contributed by atoms with E-state index < -0.39 is 0 Å². The van der Waals surface area contributed by atoms with Gasteiger partial charge in [0.2, 0.25) is 0 Å². The lowest BCUT2D eigenvalue weighted by Crippen LogP contribution is -2.27. The maximum Gasteiger partial charge on any atom is 0.280 e. The Kier molecular flexibility index (Phi) is 5.44. The van der Waals surface area contributed by atoms with Crippen molar-refractivity contribution in [2.45, 2.75) is 18.9 Å². The Hall–Kier alpha value is -4.64. The van der Waals surface area contributed by atoms with Gasteiger partial charge in [0.05, 0.1) is 35.9 Å². The van der Waals surface area contributed by atoms with Crippen molar-refractivity contribution in [1.82, 2.24) is 20.1 Å². The van der Waals surface area contributed by atoms with Gasteiger partial charge < -0.3 is 10.1 Å². The molecule has 2 aromatic carbocycles. The van der Waals surface area contributed by atoms with Gasteiger partial charge in [-0.15, -0.1) is 0 Å². The molecule has 1 aliphatic carbocycles. The number of fused-ring (bicyclic) bond motifs is 1. The summed E-state index contributed by atoms with van der Waals surface area (Å²) in [5.41, 5.74) is 4.11. The minimum Gasteiger partial charge on any atom is -0.497 e. The van der Waals surface area contributed by atoms with Crippen LogP contribution in [0.25, 0.3) is 16.9 Å². The fourth-order valence-corrected chi connectivity index (χ4v) is 4.22. The van der Waals surface area contributed by atoms with Gasteiger partial charge in [0.25, 0.3) is 11.5 Å². The third-order valence-corrected chi connectivity index (χ3v) is 6.07. The van der Waals surface area contributed by atoms with Crippen LogP contribution in [0.2, 0.25) is 0 Å². The first-order valence-corrected chi connectivity index (χ1v) is 10.8. The molecule has 8 nitrogen and oxygen atoms in total. The molecule has 0 fully saturated rings. The lowest BCUT2D eigenvalue weighted by atomic mass is 10.1. The number of nitriles is 1. The van der Waals surface area contributed by atoms with Gasteiger partial charge in [-0.25, -0.2) is 9.67 Å². The molecule has 2 heterocycles. The van der Waals surface area contributed by atoms with Gasteiger partial charge in [-0.1, -0.05) is 18.2 Å². The van der Waals surface area contributed by atoms with Crippen molar-refractivity contribution >= 4 is 5.91 Å². The zero-order chi connectivity index (χ0) is 23.7. The fourth-order valence-electron chi connectivity index (χ4n) is 4.22. The van der Waals surface area contributed by atoms with Gasteiger partial charge in [-0.3, -0.25) is 14.7 Å². The number of rotatable bonds is 5. The third kappa shape index (κ3) is 3.84. The Balaban J connectivity index is 1.33. The van der Waals surface area contributed by atoms with Gasteiger partial charge in [0.1, 0.15) is 5.75 Å². The molecule has 34 heavy (non-hydrogen) atoms. The molecular weight excluding hydrogens is 430 g/mol. The topological polar surface area (TPSA) is 113 Å². The molecule has 0 bridgehead atoms. The van der Waals surface area contributed by atoms with Crippen molar-refractivity contribution in [3.05, 3.63) is 99.6 Å². The van der Waals surface area contributed by atoms with Crippen molar-refractivity contribution in [3.8, 4) is 28.8 Å². The molecule has 1 atom stereocenters. The summed E-state index contributed by atoms with van der Waals surface area (Å²) in [5, 5.41) is 14.9. The molecule has 0 aliphatic heterocycles. The molecule has 1 amide bonds. The molecular formula is C26H21N5O3. The van der Waals surface area contributed by atoms with Crippen molar-refractivity contribution in [2.24, 2.45) is 0 Å². The number of nitrogens with one attached hydrogen (secondary N) is 2. The van der Waals surface area contributed by atoms with Crippen LogP contribution >= 0.6 is 0 Å². The van der Waals surface area contributed by atoms with E-state index in [1.807, 2.05) is 18.2 Å². The normalized spacial score (nSPS) is 14.3. The summed E-state index contributed by atoms with van der Waals surface area (Å²) >= 11 is 0. The summed E-state index contributed by atoms with van der Waals surface area (Å²) in [5.74, 6) is 0.914. The second-order valence-electron chi connectivity index (χ2n) is 8.05. The summed E-state index contributed by atoms with van der Waals surface area (Å²) < 4.78 is 6.63. The number of carbonyl (C=O) groups is 1. The molecule has 1 unspecified atom stereocenters. The Morgan fingerprint density at radius 2 is 2.03 bits per heavy atom. The summed E-state index contributed by atoms with van der Waals surface area (Å²) in [7, 11) is 1.63. The first-order valence-electron chi connectivity index (χ1n) is 10.8. The van der Waals surface area contributed by atoms with Gasteiger partial charge in [-0.05, 0) is 65.9 Å². The number of amides is 1. The number of H-pyrrole nitrogens is 1. The monoisotopic (exact) mass is 451 g/mol. The fraction of sp³-hybridized carbons (Fsp3) is 0.154. The minimum atomic E-state index is -0.272. The summed E-state index contributed by atoms with van der Waals surface area (Å²) in [6, 6.07) is 18.0. The molecule has 2 aromatic heterocycles. The van der Waals surface area contributed by atoms with E-state index in [0.717, 1.165) is 24.2 Å². The molecule has 0 spiro atoms. The van der Waals surface area contributed by atoms with Crippen molar-refractivity contribution in [2.75, 3.05) is 7.11 Å². The Bertz CT molecular complexity index is 1460. The number of hydrogen-bond donors (Lipinski definition) is 2. The van der Waals surface area contributed by atoms with E-state index in [9.17, 15) is 9.59 Å². The smallest absolute Gasteiger partial charge is 0.280 e. The summed E-state index contributed by atoms with van der Waals surface area (Å²) in [4.78, 5) is 30.0. The quantitative estimate of drug-likeness (QED) is 0.482. The van der Waals surface area contributed by atoms with E-state index in [2.05, 4.69) is 21.5 Å². The molecule has 0 radical (unpaired) electrons. The Morgan fingerprint density at radius 3 is 2.74 bits per heavy atom. The van der Waals surface area contributed by atoms with Crippen LogP contribution in [0, 0.1) is 11.3 Å². The van der Waals surface area contributed by atoms with E-state index in [4.69, 9.17) is 10.00 Å². The molecule has 0 saturated heterocycles. The SMILES string of the molecule is COc1ccc2c(c1)C(NC(=O)c1ccc(-n3[nH]cc(-c4ccc(C#N)cc4)c3=O)nc1)CC2. The van der Waals surface area contributed by atoms with Gasteiger partial charge in [0.15, 0.2) is 5.82 Å². The molecule has 4 aromatic rings. The first kappa shape index (κ1) is 21.2. The van der Waals surface area contributed by atoms with Gasteiger partial charge >= 0.3 is 0 Å². The lowest BCUT2D eigenvalue weighted by molar-refractivity contribution is 0.0936. The second kappa shape index (κ2) is 8.71. The number of pyridine rings is 1. The predicted molar refractivity (Wildman–Crippen MR) is 126 cm³/mol. The number of aromatic amines is 1. The van der Waals surface area contributed by atoms with Gasteiger partial charge in [-0.2, -0.15) is 5.26 Å². The van der Waals surface area contributed by atoms with Crippen LogP contribution in [-0.2, 0) is 6.42 Å². The molecule has 168 valence electrons. The number of ether oxygens (including phenoxy) is 1. The number of benzene rings is 2. The molecule has 2 N–H and O–H groups in total. The predicted octanol–water partition coefficient (Wildman–Crippen LogP) is 3.53. The Morgan fingerprint density at radius 1 is 1.21 bits per heavy atom. The minimum absolute atomic E-state index is 0.0849. The average Bonchev–Trinajstić information content (AvgIpc) is 3.47. The van der Waals surface area contributed by atoms with Crippen LogP contribution in [0.4, 0.5) is 0 Å². The van der Waals surface area contributed by atoms with E-state index in [1.165, 1.54) is 16.4 Å². The number of aromatic nitrogens is 3. The highest BCUT2D eigenvalue weighted by Gasteiger charge is 2.25. The standard InChI is InChI=1S/C26H21N5O3/c1-34-20-9-6-17-7-10-23(21(17)12-20)30-25(32)19-8-11-24(28-14-19)31-26(33)22(15-29-31)18-4-2-16(13-27)3-5-18/h2-6,8-9,11-12,14-15,23,29H,7,10H2,1H3,(H,30,32). The van der Waals surface area contributed by atoms with Gasteiger partial charge in [0, 0.05) is 12.4 Å². The number of nitrogens with zero attached hydrogens (tertiary/aromatic N) is 3. The van der Waals surface area contributed by atoms with Crippen LogP contribution < -0.4 is 15.6 Å². The molecule has 8 heteroatoms. The summed E-state index contributed by atoms with van der Waals surface area (Å²) in [6.07, 6.45) is 4.78. The van der Waals surface area contributed by atoms with Crippen molar-refractivity contribution in [3.63, 3.8) is 0 Å². The number of carbonyl (C=O) groups excluding carboxylic acids is 1. The summed E-state index contributed by atoms with van der Waals surface area (Å²) in [6.45, 7) is 0. The largest absolute Gasteiger partial charge is 0.497 e. The zero-order valence-corrected chi connectivity index (χ0v) is 18.4. The van der Waals surface area contributed by atoms with E-state index in [0.29, 0.717) is 28.1 Å². The van der Waals surface area contributed by atoms with Crippen LogP contribution in [0.15, 0.2) is 71.8 Å². The Labute approximate surface area is 195 Å². The van der Waals surface area contributed by atoms with Crippen LogP contribution in [0.1, 0.15) is 39.5 Å². The number of methoxy groups -OCH3 is 1. The van der Waals surface area contributed by atoms with Crippen molar-refractivity contribution < 1.29 is 9.53 Å². The highest BCUT2D eigenvalue weighted by atomic mass is 16.5. The third-order valence-electron chi connectivity index (χ3n) is 6.07. The number of aryl methyl sites for hydroxylation is 1. The average molecular weight is 451 g/mol. The second-order valence-corrected chi connectivity index (χ2v) is 8.05. The van der Waals surface area contributed by atoms with Crippen LogP contribution in [0.5, 0.6) is 5.75 Å². The number of hydrogen-bond acceptors (Lipinski definition) is 5. The zero-order valence-electron chi connectivity index (χ0n) is 18.4. The highest BCUT2D eigenvalue weighted by molar-refractivity contribution is 5.94. The van der Waals surface area contributed by atoms with E-state index in [1.54, 1.807) is 49.7 Å². The molecule has 0 saturated carbocycles. The molecule has 5 rings (SSSR count). The highest BCUT2D eigenvalue weighted by Crippen LogP contribution is 2.33. The van der Waals surface area contributed by atoms with E-state index >= 15 is 0 Å². The van der Waals surface area contributed by atoms with Crippen LogP contribution in [-0.4, -0.2) is 27.8 Å². The molecule has 1 aliphatic rings. The van der Waals surface area contributed by atoms with E-state index in [-0.39, 0.29) is 17.5 Å². The van der Waals surface area contributed by atoms with Crippen LogP contribution in [0.3, 0.4) is 0 Å². The maximum absolute atomic E-state index is 12.9. The maximum atomic E-state index is 12.9. The lowest BCUT2D eigenvalue weighted by Gasteiger charge is -2.15. The first-order chi connectivity index (χ1) is 16.6. The van der Waals surface area contributed by atoms with Crippen molar-refractivity contribution in [1.29, 1.82) is 5.26 Å².